The number of rotatable bonds is 8. The molecule has 0 unspecified atom stereocenters. The average Bonchev–Trinajstić information content (AvgIpc) is 2.41. The van der Waals surface area contributed by atoms with Crippen LogP contribution in [-0.4, -0.2) is 60.4 Å². The van der Waals surface area contributed by atoms with Crippen LogP contribution in [0.3, 0.4) is 0 Å². The lowest BCUT2D eigenvalue weighted by Crippen LogP contribution is -2.42. The van der Waals surface area contributed by atoms with Crippen LogP contribution in [0.2, 0.25) is 6.04 Å². The first-order chi connectivity index (χ1) is 8.51. The van der Waals surface area contributed by atoms with Crippen LogP contribution in [0, 0.1) is 0 Å². The summed E-state index contributed by atoms with van der Waals surface area (Å²) in [6.45, 7) is 5.42. The molecule has 0 rings (SSSR count). The second-order valence-corrected chi connectivity index (χ2v) is 6.41. The minimum Gasteiger partial charge on any atom is -0.462 e. The lowest BCUT2D eigenvalue weighted by Gasteiger charge is -2.24. The van der Waals surface area contributed by atoms with Gasteiger partial charge in [0.05, 0.1) is 6.61 Å². The van der Waals surface area contributed by atoms with Crippen LogP contribution in [0.15, 0.2) is 12.2 Å². The maximum atomic E-state index is 11.1. The van der Waals surface area contributed by atoms with Gasteiger partial charge in [-0.15, -0.1) is 0 Å². The number of hydrogen-bond acceptors (Lipinski definition) is 6. The zero-order valence-corrected chi connectivity index (χ0v) is 13.3. The van der Waals surface area contributed by atoms with Crippen molar-refractivity contribution in [3.63, 3.8) is 0 Å². The van der Waals surface area contributed by atoms with E-state index in [1.54, 1.807) is 28.3 Å². The van der Waals surface area contributed by atoms with Gasteiger partial charge in [-0.25, -0.2) is 4.79 Å². The standard InChI is InChI=1S/C10H20O5Si.CH4O.H2O/c1-9(2)10(11)15-7-6-8-16(12-3,13-4)14-5;1-2;/h1,6-8H2,2-5H3;2H,1H3;1H2. The molecule has 0 aromatic carbocycles. The van der Waals surface area contributed by atoms with Gasteiger partial charge < -0.3 is 28.6 Å². The Labute approximate surface area is 115 Å². The number of carbonyl (C=O) groups excluding carboxylic acids is 1. The molecular formula is C11H26O7Si. The van der Waals surface area contributed by atoms with Gasteiger partial charge in [-0.05, 0) is 13.3 Å². The molecule has 0 aliphatic carbocycles. The van der Waals surface area contributed by atoms with Crippen molar-refractivity contribution in [1.82, 2.24) is 0 Å². The first-order valence-electron chi connectivity index (χ1n) is 5.44. The van der Waals surface area contributed by atoms with E-state index in [9.17, 15) is 4.79 Å². The molecule has 0 aromatic heterocycles. The molecule has 19 heavy (non-hydrogen) atoms. The summed E-state index contributed by atoms with van der Waals surface area (Å²) in [5, 5.41) is 7.00. The molecule has 0 spiro atoms. The average molecular weight is 298 g/mol. The topological polar surface area (TPSA) is 106 Å². The summed E-state index contributed by atoms with van der Waals surface area (Å²) in [5.41, 5.74) is 0.397. The fourth-order valence-corrected chi connectivity index (χ4v) is 2.82. The molecule has 8 heteroatoms. The number of esters is 1. The molecule has 0 aliphatic rings. The number of aliphatic hydroxyl groups is 1. The summed E-state index contributed by atoms with van der Waals surface area (Å²) in [6.07, 6.45) is 0.640. The molecule has 0 atom stereocenters. The maximum Gasteiger partial charge on any atom is 0.500 e. The fourth-order valence-electron chi connectivity index (χ4n) is 1.13. The predicted octanol–water partition coefficient (Wildman–Crippen LogP) is 0.158. The van der Waals surface area contributed by atoms with Crippen molar-refractivity contribution in [3.8, 4) is 0 Å². The Kier molecular flexibility index (Phi) is 16.8. The van der Waals surface area contributed by atoms with E-state index in [4.69, 9.17) is 23.1 Å². The molecule has 0 bridgehead atoms. The van der Waals surface area contributed by atoms with Gasteiger partial charge in [-0.3, -0.25) is 0 Å². The van der Waals surface area contributed by atoms with Crippen LogP contribution in [0.5, 0.6) is 0 Å². The highest BCUT2D eigenvalue weighted by atomic mass is 28.4. The second-order valence-electron chi connectivity index (χ2n) is 3.32. The van der Waals surface area contributed by atoms with E-state index in [2.05, 4.69) is 6.58 Å². The SMILES string of the molecule is C=C(C)C(=O)OCCC[Si](OC)(OC)OC.CO.O. The molecule has 3 N–H and O–H groups in total. The molecule has 116 valence electrons. The zero-order valence-electron chi connectivity index (χ0n) is 12.3. The first kappa shape index (κ1) is 23.3. The van der Waals surface area contributed by atoms with E-state index in [-0.39, 0.29) is 11.4 Å². The Morgan fingerprint density at radius 1 is 1.16 bits per heavy atom. The molecular weight excluding hydrogens is 272 g/mol. The van der Waals surface area contributed by atoms with Crippen molar-refractivity contribution in [2.75, 3.05) is 35.0 Å². The summed E-state index contributed by atoms with van der Waals surface area (Å²) >= 11 is 0. The molecule has 0 amide bonds. The summed E-state index contributed by atoms with van der Waals surface area (Å²) in [4.78, 5) is 11.1. The Morgan fingerprint density at radius 2 is 1.58 bits per heavy atom. The highest BCUT2D eigenvalue weighted by Crippen LogP contribution is 2.14. The Balaban J connectivity index is -0.000000809. The second kappa shape index (κ2) is 13.7. The van der Waals surface area contributed by atoms with Gasteiger partial charge in [-0.2, -0.15) is 0 Å². The van der Waals surface area contributed by atoms with Gasteiger partial charge in [0, 0.05) is 40.1 Å². The summed E-state index contributed by atoms with van der Waals surface area (Å²) in [5.74, 6) is -0.375. The van der Waals surface area contributed by atoms with E-state index in [1.165, 1.54) is 0 Å². The Hall–Kier alpha value is -0.773. The molecule has 0 saturated carbocycles. The van der Waals surface area contributed by atoms with Crippen molar-refractivity contribution in [3.05, 3.63) is 12.2 Å². The minimum absolute atomic E-state index is 0. The van der Waals surface area contributed by atoms with Crippen molar-refractivity contribution < 1.29 is 33.4 Å². The van der Waals surface area contributed by atoms with Gasteiger partial charge >= 0.3 is 14.8 Å². The molecule has 0 heterocycles. The quantitative estimate of drug-likeness (QED) is 0.296. The van der Waals surface area contributed by atoms with Crippen molar-refractivity contribution >= 4 is 14.8 Å². The van der Waals surface area contributed by atoms with E-state index in [1.807, 2.05) is 0 Å². The first-order valence-corrected chi connectivity index (χ1v) is 7.37. The lowest BCUT2D eigenvalue weighted by atomic mass is 10.4. The van der Waals surface area contributed by atoms with E-state index in [0.717, 1.165) is 7.11 Å². The van der Waals surface area contributed by atoms with E-state index < -0.39 is 8.80 Å². The largest absolute Gasteiger partial charge is 0.500 e. The van der Waals surface area contributed by atoms with Crippen LogP contribution in [0.1, 0.15) is 13.3 Å². The van der Waals surface area contributed by atoms with Crippen LogP contribution >= 0.6 is 0 Å². The zero-order chi connectivity index (χ0) is 14.6. The van der Waals surface area contributed by atoms with Gasteiger partial charge in [0.25, 0.3) is 0 Å². The molecule has 0 aromatic rings. The predicted molar refractivity (Wildman–Crippen MR) is 73.7 cm³/mol. The van der Waals surface area contributed by atoms with E-state index in [0.29, 0.717) is 24.6 Å². The maximum absolute atomic E-state index is 11.1. The third kappa shape index (κ3) is 9.76. The molecule has 7 nitrogen and oxygen atoms in total. The number of hydrogen-bond donors (Lipinski definition) is 1. The number of carbonyl (C=O) groups is 1. The Bertz CT molecular complexity index is 233. The number of aliphatic hydroxyl groups excluding tert-OH is 1. The van der Waals surface area contributed by atoms with Gasteiger partial charge in [0.15, 0.2) is 0 Å². The van der Waals surface area contributed by atoms with Crippen molar-refractivity contribution in [2.24, 2.45) is 0 Å². The normalized spacial score (nSPS) is 9.79. The third-order valence-corrected chi connectivity index (χ3v) is 4.97. The van der Waals surface area contributed by atoms with Gasteiger partial charge in [0.1, 0.15) is 0 Å². The minimum atomic E-state index is -2.53. The smallest absolute Gasteiger partial charge is 0.462 e. The van der Waals surface area contributed by atoms with Crippen LogP contribution in [0.25, 0.3) is 0 Å². The summed E-state index contributed by atoms with van der Waals surface area (Å²) in [7, 11) is 3.13. The van der Waals surface area contributed by atoms with Crippen LogP contribution < -0.4 is 0 Å². The summed E-state index contributed by atoms with van der Waals surface area (Å²) in [6, 6.07) is 0.611. The number of ether oxygens (including phenoxy) is 1. The third-order valence-electron chi connectivity index (χ3n) is 2.14. The van der Waals surface area contributed by atoms with Crippen molar-refractivity contribution in [1.29, 1.82) is 0 Å². The van der Waals surface area contributed by atoms with Gasteiger partial charge in [-0.1, -0.05) is 6.58 Å². The van der Waals surface area contributed by atoms with E-state index >= 15 is 0 Å². The van der Waals surface area contributed by atoms with Crippen molar-refractivity contribution in [2.45, 2.75) is 19.4 Å². The van der Waals surface area contributed by atoms with Gasteiger partial charge in [0.2, 0.25) is 0 Å². The highest BCUT2D eigenvalue weighted by Gasteiger charge is 2.36. The molecule has 0 aliphatic heterocycles. The molecule has 0 radical (unpaired) electrons. The fraction of sp³-hybridized carbons (Fsp3) is 0.727. The summed E-state index contributed by atoms with van der Waals surface area (Å²) < 4.78 is 20.6. The Morgan fingerprint density at radius 3 is 1.89 bits per heavy atom. The van der Waals surface area contributed by atoms with Crippen LogP contribution in [-0.2, 0) is 22.8 Å². The monoisotopic (exact) mass is 298 g/mol. The van der Waals surface area contributed by atoms with Crippen LogP contribution in [0.4, 0.5) is 0 Å². The highest BCUT2D eigenvalue weighted by molar-refractivity contribution is 6.60. The molecule has 0 saturated heterocycles. The lowest BCUT2D eigenvalue weighted by molar-refractivity contribution is -0.139. The molecule has 0 fully saturated rings.